The van der Waals surface area contributed by atoms with Gasteiger partial charge >= 0.3 is 6.18 Å². The molecule has 2 heterocycles. The third kappa shape index (κ3) is 4.28. The van der Waals surface area contributed by atoms with E-state index >= 15 is 0 Å². The summed E-state index contributed by atoms with van der Waals surface area (Å²) in [6.45, 7) is -0.226. The predicted molar refractivity (Wildman–Crippen MR) is 105 cm³/mol. The SMILES string of the molecule is O=C1NC(=O)C(=Cc2nc3ccc(OCc4ccccc4C(F)(F)F)cc3s2)S1. The Hall–Kier alpha value is -2.85. The van der Waals surface area contributed by atoms with Crippen LogP contribution < -0.4 is 10.1 Å². The van der Waals surface area contributed by atoms with Crippen molar-refractivity contribution < 1.29 is 27.5 Å². The summed E-state index contributed by atoms with van der Waals surface area (Å²) in [4.78, 5) is 27.5. The molecule has 2 aromatic carbocycles. The average Bonchev–Trinajstić information content (AvgIpc) is 3.20. The number of hydrogen-bond acceptors (Lipinski definition) is 6. The number of halogens is 3. The molecule has 0 radical (unpaired) electrons. The number of imide groups is 1. The Kier molecular flexibility index (Phi) is 5.05. The zero-order valence-electron chi connectivity index (χ0n) is 14.4. The first-order valence-corrected chi connectivity index (χ1v) is 9.86. The highest BCUT2D eigenvalue weighted by Crippen LogP contribution is 2.34. The van der Waals surface area contributed by atoms with Crippen LogP contribution >= 0.6 is 23.1 Å². The molecule has 0 bridgehead atoms. The van der Waals surface area contributed by atoms with Crippen LogP contribution in [0.15, 0.2) is 47.4 Å². The summed E-state index contributed by atoms with van der Waals surface area (Å²) in [6, 6.07) is 10.3. The van der Waals surface area contributed by atoms with Crippen molar-refractivity contribution in [2.24, 2.45) is 0 Å². The fourth-order valence-corrected chi connectivity index (χ4v) is 4.36. The van der Waals surface area contributed by atoms with Crippen LogP contribution in [-0.4, -0.2) is 16.1 Å². The van der Waals surface area contributed by atoms with Gasteiger partial charge in [0, 0.05) is 5.56 Å². The molecule has 1 aliphatic heterocycles. The largest absolute Gasteiger partial charge is 0.489 e. The molecule has 1 aliphatic rings. The second-order valence-corrected chi connectivity index (χ2v) is 8.05. The Bertz CT molecular complexity index is 1160. The molecule has 4 rings (SSSR count). The highest BCUT2D eigenvalue weighted by molar-refractivity contribution is 8.18. The van der Waals surface area contributed by atoms with Gasteiger partial charge in [-0.15, -0.1) is 11.3 Å². The fourth-order valence-electron chi connectivity index (χ4n) is 2.69. The summed E-state index contributed by atoms with van der Waals surface area (Å²) in [6.07, 6.45) is -2.93. The fraction of sp³-hybridized carbons (Fsp3) is 0.105. The summed E-state index contributed by atoms with van der Waals surface area (Å²) in [5.41, 5.74) is -0.0296. The lowest BCUT2D eigenvalue weighted by Gasteiger charge is -2.13. The molecule has 1 fully saturated rings. The minimum absolute atomic E-state index is 0.0451. The molecule has 1 saturated heterocycles. The lowest BCUT2D eigenvalue weighted by Crippen LogP contribution is -2.17. The number of fused-ring (bicyclic) bond motifs is 1. The van der Waals surface area contributed by atoms with E-state index in [4.69, 9.17) is 4.74 Å². The summed E-state index contributed by atoms with van der Waals surface area (Å²) < 4.78 is 45.6. The third-order valence-electron chi connectivity index (χ3n) is 3.99. The van der Waals surface area contributed by atoms with Crippen molar-refractivity contribution >= 4 is 50.5 Å². The van der Waals surface area contributed by atoms with Crippen LogP contribution in [0, 0.1) is 0 Å². The average molecular weight is 436 g/mol. The number of rotatable bonds is 4. The van der Waals surface area contributed by atoms with Crippen LogP contribution in [0.5, 0.6) is 5.75 Å². The van der Waals surface area contributed by atoms with Gasteiger partial charge in [0.2, 0.25) is 0 Å². The molecule has 0 atom stereocenters. The van der Waals surface area contributed by atoms with Crippen LogP contribution in [0.3, 0.4) is 0 Å². The van der Waals surface area contributed by atoms with E-state index in [0.717, 1.165) is 22.5 Å². The third-order valence-corrected chi connectivity index (χ3v) is 5.77. The molecule has 0 spiro atoms. The van der Waals surface area contributed by atoms with E-state index in [0.29, 0.717) is 16.3 Å². The van der Waals surface area contributed by atoms with Crippen molar-refractivity contribution in [3.63, 3.8) is 0 Å². The zero-order valence-corrected chi connectivity index (χ0v) is 16.1. The summed E-state index contributed by atoms with van der Waals surface area (Å²) >= 11 is 2.08. The number of thioether (sulfide) groups is 1. The molecule has 10 heteroatoms. The van der Waals surface area contributed by atoms with Crippen LogP contribution in [0.2, 0.25) is 0 Å². The van der Waals surface area contributed by atoms with E-state index in [2.05, 4.69) is 10.3 Å². The molecule has 148 valence electrons. The van der Waals surface area contributed by atoms with E-state index in [1.165, 1.54) is 35.6 Å². The van der Waals surface area contributed by atoms with E-state index in [1.54, 1.807) is 18.2 Å². The van der Waals surface area contributed by atoms with Crippen LogP contribution in [0.1, 0.15) is 16.1 Å². The number of benzene rings is 2. The molecule has 0 saturated carbocycles. The van der Waals surface area contributed by atoms with Crippen molar-refractivity contribution in [1.29, 1.82) is 0 Å². The standard InChI is InChI=1S/C19H11F3N2O3S2/c20-19(21,22)12-4-2-1-3-10(12)9-27-11-5-6-13-14(7-11)28-16(23-13)8-15-17(25)24-18(26)29-15/h1-8H,9H2,(H,24,25,26). The Labute approximate surface area is 170 Å². The van der Waals surface area contributed by atoms with Crippen molar-refractivity contribution in [3.8, 4) is 5.75 Å². The zero-order chi connectivity index (χ0) is 20.6. The lowest BCUT2D eigenvalue weighted by molar-refractivity contribution is -0.138. The van der Waals surface area contributed by atoms with Gasteiger partial charge in [0.05, 0.1) is 20.7 Å². The molecule has 0 unspecified atom stereocenters. The van der Waals surface area contributed by atoms with E-state index in [1.807, 2.05) is 0 Å². The van der Waals surface area contributed by atoms with Crippen molar-refractivity contribution in [2.75, 3.05) is 0 Å². The topological polar surface area (TPSA) is 68.3 Å². The molecule has 2 amide bonds. The molecular weight excluding hydrogens is 425 g/mol. The van der Waals surface area contributed by atoms with Crippen molar-refractivity contribution in [1.82, 2.24) is 10.3 Å². The molecule has 5 nitrogen and oxygen atoms in total. The molecule has 1 N–H and O–H groups in total. The van der Waals surface area contributed by atoms with Gasteiger partial charge in [0.25, 0.3) is 11.1 Å². The van der Waals surface area contributed by atoms with Gasteiger partial charge in [-0.05, 0) is 42.1 Å². The Balaban J connectivity index is 1.54. The minimum Gasteiger partial charge on any atom is -0.489 e. The van der Waals surface area contributed by atoms with Crippen LogP contribution in [-0.2, 0) is 17.6 Å². The highest BCUT2D eigenvalue weighted by Gasteiger charge is 2.33. The molecule has 3 aromatic rings. The van der Waals surface area contributed by atoms with Gasteiger partial charge in [-0.2, -0.15) is 13.2 Å². The second kappa shape index (κ2) is 7.53. The molecular formula is C19H11F3N2O3S2. The smallest absolute Gasteiger partial charge is 0.416 e. The number of aromatic nitrogens is 1. The Morgan fingerprint density at radius 3 is 2.66 bits per heavy atom. The van der Waals surface area contributed by atoms with Gasteiger partial charge in [0.15, 0.2) is 0 Å². The first-order valence-electron chi connectivity index (χ1n) is 8.23. The van der Waals surface area contributed by atoms with E-state index in [-0.39, 0.29) is 17.1 Å². The summed E-state index contributed by atoms with van der Waals surface area (Å²) in [5.74, 6) is -0.0629. The Morgan fingerprint density at radius 2 is 1.93 bits per heavy atom. The quantitative estimate of drug-likeness (QED) is 0.568. The monoisotopic (exact) mass is 436 g/mol. The van der Waals surface area contributed by atoms with Gasteiger partial charge in [0.1, 0.15) is 17.4 Å². The normalized spacial score (nSPS) is 15.9. The van der Waals surface area contributed by atoms with Crippen molar-refractivity contribution in [2.45, 2.75) is 12.8 Å². The van der Waals surface area contributed by atoms with E-state index in [9.17, 15) is 22.8 Å². The first-order chi connectivity index (χ1) is 13.8. The summed E-state index contributed by atoms with van der Waals surface area (Å²) in [5, 5.41) is 2.27. The number of alkyl halides is 3. The Morgan fingerprint density at radius 1 is 1.14 bits per heavy atom. The number of ether oxygens (including phenoxy) is 1. The van der Waals surface area contributed by atoms with E-state index < -0.39 is 22.9 Å². The second-order valence-electron chi connectivity index (χ2n) is 5.98. The van der Waals surface area contributed by atoms with Gasteiger partial charge < -0.3 is 4.74 Å². The number of hydrogen-bond donors (Lipinski definition) is 1. The highest BCUT2D eigenvalue weighted by atomic mass is 32.2. The molecule has 29 heavy (non-hydrogen) atoms. The number of nitrogens with one attached hydrogen (secondary N) is 1. The minimum atomic E-state index is -4.45. The van der Waals surface area contributed by atoms with Gasteiger partial charge in [-0.25, -0.2) is 4.98 Å². The lowest BCUT2D eigenvalue weighted by atomic mass is 10.1. The molecule has 1 aromatic heterocycles. The number of carbonyl (C=O) groups is 2. The number of amides is 2. The van der Waals surface area contributed by atoms with Crippen LogP contribution in [0.4, 0.5) is 18.0 Å². The maximum absolute atomic E-state index is 13.1. The van der Waals surface area contributed by atoms with Gasteiger partial charge in [-0.1, -0.05) is 18.2 Å². The maximum Gasteiger partial charge on any atom is 0.416 e. The van der Waals surface area contributed by atoms with Crippen molar-refractivity contribution in [3.05, 3.63) is 63.5 Å². The first kappa shape index (κ1) is 19.5. The number of carbonyl (C=O) groups excluding carboxylic acids is 2. The molecule has 0 aliphatic carbocycles. The summed E-state index contributed by atoms with van der Waals surface area (Å²) in [7, 11) is 0. The number of nitrogens with zero attached hydrogens (tertiary/aromatic N) is 1. The maximum atomic E-state index is 13.1. The predicted octanol–water partition coefficient (Wildman–Crippen LogP) is 5.22. The number of thiazole rings is 1. The van der Waals surface area contributed by atoms with Gasteiger partial charge in [-0.3, -0.25) is 14.9 Å². The van der Waals surface area contributed by atoms with Crippen LogP contribution in [0.25, 0.3) is 16.3 Å².